The number of likely N-dealkylation sites (N-methyl/N-ethyl adjacent to an activating group) is 1. The fourth-order valence-corrected chi connectivity index (χ4v) is 1.70. The smallest absolute Gasteiger partial charge is 0.243 e. The molecule has 0 saturated heterocycles. The van der Waals surface area contributed by atoms with E-state index in [1.807, 2.05) is 13.8 Å². The van der Waals surface area contributed by atoms with E-state index in [0.717, 1.165) is 17.4 Å². The van der Waals surface area contributed by atoms with Gasteiger partial charge in [-0.15, -0.1) is 0 Å². The third-order valence-electron chi connectivity index (χ3n) is 3.01. The Morgan fingerprint density at radius 1 is 1.55 bits per heavy atom. The summed E-state index contributed by atoms with van der Waals surface area (Å²) >= 11 is 0. The molecular weight excluding hydrogens is 256 g/mol. The molecule has 6 heteroatoms. The third-order valence-corrected chi connectivity index (χ3v) is 3.01. The lowest BCUT2D eigenvalue weighted by atomic mass is 10.2. The highest BCUT2D eigenvalue weighted by molar-refractivity contribution is 5.96. The van der Waals surface area contributed by atoms with Crippen molar-refractivity contribution in [3.05, 3.63) is 24.2 Å². The maximum absolute atomic E-state index is 11.3. The Bertz CT molecular complexity index is 633. The third kappa shape index (κ3) is 2.96. The van der Waals surface area contributed by atoms with Crippen LogP contribution in [0, 0.1) is 0 Å². The van der Waals surface area contributed by atoms with Crippen LogP contribution < -0.4 is 10.1 Å². The summed E-state index contributed by atoms with van der Waals surface area (Å²) in [5.41, 5.74) is 1.51. The van der Waals surface area contributed by atoms with Crippen molar-refractivity contribution in [3.8, 4) is 5.88 Å². The number of aromatic nitrogens is 3. The number of hydrogen-bond acceptors (Lipinski definition) is 4. The van der Waals surface area contributed by atoms with Crippen molar-refractivity contribution in [2.75, 3.05) is 7.05 Å². The Labute approximate surface area is 117 Å². The van der Waals surface area contributed by atoms with Gasteiger partial charge in [0, 0.05) is 24.9 Å². The molecule has 0 aliphatic heterocycles. The lowest BCUT2D eigenvalue weighted by Gasteiger charge is -2.12. The lowest BCUT2D eigenvalue weighted by molar-refractivity contribution is -0.115. The van der Waals surface area contributed by atoms with Crippen molar-refractivity contribution < 1.29 is 9.53 Å². The lowest BCUT2D eigenvalue weighted by Crippen LogP contribution is -2.13. The van der Waals surface area contributed by atoms with Gasteiger partial charge in [0.2, 0.25) is 11.8 Å². The molecule has 0 fully saturated rings. The molecule has 1 atom stereocenters. The van der Waals surface area contributed by atoms with E-state index in [9.17, 15) is 4.79 Å². The van der Waals surface area contributed by atoms with E-state index >= 15 is 0 Å². The largest absolute Gasteiger partial charge is 0.474 e. The Morgan fingerprint density at radius 2 is 2.35 bits per heavy atom. The number of hydrogen-bond donors (Lipinski definition) is 2. The monoisotopic (exact) mass is 274 g/mol. The van der Waals surface area contributed by atoms with E-state index in [4.69, 9.17) is 4.74 Å². The molecule has 20 heavy (non-hydrogen) atoms. The fraction of sp³-hybridized carbons (Fsp3) is 0.357. The van der Waals surface area contributed by atoms with Gasteiger partial charge < -0.3 is 15.0 Å². The molecular formula is C14H18N4O2. The number of fused-ring (bicyclic) bond motifs is 1. The van der Waals surface area contributed by atoms with E-state index in [1.165, 1.54) is 12.4 Å². The zero-order valence-corrected chi connectivity index (χ0v) is 11.8. The van der Waals surface area contributed by atoms with Gasteiger partial charge in [-0.1, -0.05) is 6.92 Å². The van der Waals surface area contributed by atoms with Gasteiger partial charge in [-0.3, -0.25) is 4.79 Å². The molecule has 0 aliphatic carbocycles. The van der Waals surface area contributed by atoms with Crippen LogP contribution in [0.5, 0.6) is 5.88 Å². The van der Waals surface area contributed by atoms with Crippen molar-refractivity contribution in [2.24, 2.45) is 0 Å². The Kier molecular flexibility index (Phi) is 4.34. The second kappa shape index (κ2) is 6.18. The van der Waals surface area contributed by atoms with Gasteiger partial charge in [-0.25, -0.2) is 9.97 Å². The molecule has 106 valence electrons. The molecule has 0 saturated carbocycles. The molecule has 1 unspecified atom stereocenters. The van der Waals surface area contributed by atoms with Crippen molar-refractivity contribution >= 4 is 23.0 Å². The van der Waals surface area contributed by atoms with Crippen LogP contribution in [0.25, 0.3) is 17.1 Å². The minimum atomic E-state index is -0.166. The maximum Gasteiger partial charge on any atom is 0.243 e. The Hall–Kier alpha value is -2.37. The SMILES string of the molecule is CCC(C)Oc1ncnc2[nH]cc(C=CC(=O)NC)c12. The average Bonchev–Trinajstić information content (AvgIpc) is 2.88. The number of aromatic amines is 1. The topological polar surface area (TPSA) is 79.9 Å². The van der Waals surface area contributed by atoms with Crippen LogP contribution in [0.4, 0.5) is 0 Å². The molecule has 2 aromatic rings. The normalized spacial score (nSPS) is 12.8. The number of H-pyrrole nitrogens is 1. The van der Waals surface area contributed by atoms with E-state index in [-0.39, 0.29) is 12.0 Å². The highest BCUT2D eigenvalue weighted by Crippen LogP contribution is 2.27. The number of nitrogens with zero attached hydrogens (tertiary/aromatic N) is 2. The second-order valence-electron chi connectivity index (χ2n) is 4.43. The molecule has 0 aliphatic rings. The number of rotatable bonds is 5. The van der Waals surface area contributed by atoms with Crippen LogP contribution in [0.2, 0.25) is 0 Å². The van der Waals surface area contributed by atoms with Crippen molar-refractivity contribution in [3.63, 3.8) is 0 Å². The first-order chi connectivity index (χ1) is 9.65. The molecule has 0 bridgehead atoms. The number of amides is 1. The van der Waals surface area contributed by atoms with Gasteiger partial charge in [0.05, 0.1) is 11.5 Å². The van der Waals surface area contributed by atoms with Crippen molar-refractivity contribution in [1.29, 1.82) is 0 Å². The van der Waals surface area contributed by atoms with Crippen LogP contribution in [0.15, 0.2) is 18.6 Å². The molecule has 0 aromatic carbocycles. The van der Waals surface area contributed by atoms with Crippen molar-refractivity contribution in [2.45, 2.75) is 26.4 Å². The molecule has 2 rings (SSSR count). The molecule has 6 nitrogen and oxygen atoms in total. The molecule has 1 amide bonds. The zero-order chi connectivity index (χ0) is 14.5. The Balaban J connectivity index is 2.41. The summed E-state index contributed by atoms with van der Waals surface area (Å²) in [6.45, 7) is 4.03. The van der Waals surface area contributed by atoms with Crippen LogP contribution in [-0.4, -0.2) is 34.0 Å². The highest BCUT2D eigenvalue weighted by atomic mass is 16.5. The first-order valence-corrected chi connectivity index (χ1v) is 6.54. The fourth-order valence-electron chi connectivity index (χ4n) is 1.70. The molecule has 2 aromatic heterocycles. The predicted octanol–water partition coefficient (Wildman–Crippen LogP) is 1.89. The number of carbonyl (C=O) groups is 1. The van der Waals surface area contributed by atoms with Gasteiger partial charge in [0.25, 0.3) is 0 Å². The van der Waals surface area contributed by atoms with E-state index in [0.29, 0.717) is 11.5 Å². The van der Waals surface area contributed by atoms with Gasteiger partial charge in [0.1, 0.15) is 12.0 Å². The summed E-state index contributed by atoms with van der Waals surface area (Å²) in [6, 6.07) is 0. The van der Waals surface area contributed by atoms with Gasteiger partial charge in [0.15, 0.2) is 0 Å². The quantitative estimate of drug-likeness (QED) is 0.816. The minimum absolute atomic E-state index is 0.0683. The first-order valence-electron chi connectivity index (χ1n) is 6.54. The summed E-state index contributed by atoms with van der Waals surface area (Å²) in [6.07, 6.45) is 7.37. The highest BCUT2D eigenvalue weighted by Gasteiger charge is 2.12. The van der Waals surface area contributed by atoms with E-state index in [1.54, 1.807) is 19.3 Å². The summed E-state index contributed by atoms with van der Waals surface area (Å²) in [4.78, 5) is 22.7. The van der Waals surface area contributed by atoms with Gasteiger partial charge in [-0.05, 0) is 19.4 Å². The molecule has 2 N–H and O–H groups in total. The standard InChI is InChI=1S/C14H18N4O2/c1-4-9(2)20-14-12-10(5-6-11(19)15-3)7-16-13(12)17-8-18-14/h5-9H,4H2,1-3H3,(H,15,19)(H,16,17,18). The second-order valence-corrected chi connectivity index (χ2v) is 4.43. The molecule has 2 heterocycles. The van der Waals surface area contributed by atoms with Crippen LogP contribution in [-0.2, 0) is 4.79 Å². The van der Waals surface area contributed by atoms with Crippen molar-refractivity contribution in [1.82, 2.24) is 20.3 Å². The van der Waals surface area contributed by atoms with Gasteiger partial charge >= 0.3 is 0 Å². The van der Waals surface area contributed by atoms with Crippen LogP contribution in [0.1, 0.15) is 25.8 Å². The van der Waals surface area contributed by atoms with E-state index in [2.05, 4.69) is 20.3 Å². The minimum Gasteiger partial charge on any atom is -0.474 e. The molecule has 0 spiro atoms. The summed E-state index contributed by atoms with van der Waals surface area (Å²) in [5.74, 6) is 0.364. The predicted molar refractivity (Wildman–Crippen MR) is 77.4 cm³/mol. The summed E-state index contributed by atoms with van der Waals surface area (Å²) in [7, 11) is 1.59. The first kappa shape index (κ1) is 14.0. The maximum atomic E-state index is 11.3. The summed E-state index contributed by atoms with van der Waals surface area (Å²) < 4.78 is 5.80. The Morgan fingerprint density at radius 3 is 3.05 bits per heavy atom. The number of carbonyl (C=O) groups excluding carboxylic acids is 1. The van der Waals surface area contributed by atoms with E-state index < -0.39 is 0 Å². The van der Waals surface area contributed by atoms with Crippen LogP contribution in [0.3, 0.4) is 0 Å². The molecule has 0 radical (unpaired) electrons. The average molecular weight is 274 g/mol. The zero-order valence-electron chi connectivity index (χ0n) is 11.8. The number of nitrogens with one attached hydrogen (secondary N) is 2. The van der Waals surface area contributed by atoms with Gasteiger partial charge in [-0.2, -0.15) is 0 Å². The number of ether oxygens (including phenoxy) is 1. The summed E-state index contributed by atoms with van der Waals surface area (Å²) in [5, 5.41) is 3.32. The van der Waals surface area contributed by atoms with Crippen LogP contribution >= 0.6 is 0 Å².